The number of carbonyl (C=O) groups excluding carboxylic acids is 1. The molecule has 0 bridgehead atoms. The monoisotopic (exact) mass is 393 g/mol. The first-order chi connectivity index (χ1) is 14.0. The number of rotatable bonds is 5. The standard InChI is InChI=1S/C22H27N5O2/c1-14(2)18-12-17(20-15(3)26-29-22(20)25-18)21(28)24-13-16-7-8-23-19(11-16)27-9-5-4-6-10-27/h7-8,11-12,14H,4-6,9-10,13H2,1-3H3,(H,24,28). The molecule has 7 heteroatoms. The second-order valence-corrected chi connectivity index (χ2v) is 7.95. The first kappa shape index (κ1) is 19.4. The number of nitrogens with zero attached hydrogens (tertiary/aromatic N) is 4. The van der Waals surface area contributed by atoms with Crippen LogP contribution in [-0.4, -0.2) is 34.1 Å². The third-order valence-corrected chi connectivity index (χ3v) is 5.42. The van der Waals surface area contributed by atoms with Crippen LogP contribution >= 0.6 is 0 Å². The zero-order chi connectivity index (χ0) is 20.4. The number of anilines is 1. The van der Waals surface area contributed by atoms with E-state index >= 15 is 0 Å². The van der Waals surface area contributed by atoms with Gasteiger partial charge in [-0.1, -0.05) is 19.0 Å². The number of aromatic nitrogens is 3. The van der Waals surface area contributed by atoms with Crippen molar-refractivity contribution in [3.8, 4) is 0 Å². The van der Waals surface area contributed by atoms with Crippen LogP contribution in [0.4, 0.5) is 5.82 Å². The molecular weight excluding hydrogens is 366 g/mol. The lowest BCUT2D eigenvalue weighted by Gasteiger charge is -2.27. The lowest BCUT2D eigenvalue weighted by atomic mass is 10.0. The maximum Gasteiger partial charge on any atom is 0.259 e. The van der Waals surface area contributed by atoms with Gasteiger partial charge >= 0.3 is 0 Å². The lowest BCUT2D eigenvalue weighted by molar-refractivity contribution is 0.0952. The van der Waals surface area contributed by atoms with Crippen LogP contribution < -0.4 is 10.2 Å². The molecule has 4 heterocycles. The molecule has 1 fully saturated rings. The van der Waals surface area contributed by atoms with Gasteiger partial charge in [0.25, 0.3) is 11.6 Å². The summed E-state index contributed by atoms with van der Waals surface area (Å²) in [7, 11) is 0. The zero-order valence-electron chi connectivity index (χ0n) is 17.2. The molecule has 1 aliphatic heterocycles. The molecule has 1 aliphatic rings. The fourth-order valence-corrected chi connectivity index (χ4v) is 3.73. The molecule has 0 aromatic carbocycles. The third kappa shape index (κ3) is 4.09. The molecule has 1 saturated heterocycles. The van der Waals surface area contributed by atoms with Crippen LogP contribution in [-0.2, 0) is 6.54 Å². The Balaban J connectivity index is 1.54. The van der Waals surface area contributed by atoms with Crippen molar-refractivity contribution in [1.29, 1.82) is 0 Å². The van der Waals surface area contributed by atoms with Gasteiger partial charge in [0.2, 0.25) is 0 Å². The maximum absolute atomic E-state index is 13.0. The molecule has 7 nitrogen and oxygen atoms in total. The van der Waals surface area contributed by atoms with E-state index in [2.05, 4.69) is 31.4 Å². The SMILES string of the molecule is Cc1noc2nc(C(C)C)cc(C(=O)NCc3ccnc(N4CCCCC4)c3)c12. The van der Waals surface area contributed by atoms with E-state index in [4.69, 9.17) is 4.52 Å². The van der Waals surface area contributed by atoms with Gasteiger partial charge in [-0.3, -0.25) is 4.79 Å². The Morgan fingerprint density at radius 2 is 2.03 bits per heavy atom. The average molecular weight is 393 g/mol. The van der Waals surface area contributed by atoms with Gasteiger partial charge in [0, 0.05) is 31.5 Å². The van der Waals surface area contributed by atoms with Crippen LogP contribution in [0.1, 0.15) is 66.3 Å². The van der Waals surface area contributed by atoms with E-state index in [0.29, 0.717) is 28.9 Å². The second kappa shape index (κ2) is 8.19. The quantitative estimate of drug-likeness (QED) is 0.706. The third-order valence-electron chi connectivity index (χ3n) is 5.42. The molecule has 3 aromatic rings. The second-order valence-electron chi connectivity index (χ2n) is 7.95. The van der Waals surface area contributed by atoms with Crippen molar-refractivity contribution in [2.45, 2.75) is 52.5 Å². The van der Waals surface area contributed by atoms with Crippen LogP contribution in [0.2, 0.25) is 0 Å². The van der Waals surface area contributed by atoms with E-state index in [1.54, 1.807) is 0 Å². The Morgan fingerprint density at radius 1 is 1.24 bits per heavy atom. The van der Waals surface area contributed by atoms with Crippen molar-refractivity contribution in [1.82, 2.24) is 20.4 Å². The highest BCUT2D eigenvalue weighted by Crippen LogP contribution is 2.25. The summed E-state index contributed by atoms with van der Waals surface area (Å²) < 4.78 is 5.32. The van der Waals surface area contributed by atoms with Gasteiger partial charge in [0.15, 0.2) is 0 Å². The van der Waals surface area contributed by atoms with E-state index in [9.17, 15) is 4.79 Å². The van der Waals surface area contributed by atoms with Crippen LogP contribution in [0, 0.1) is 6.92 Å². The Kier molecular flexibility index (Phi) is 5.47. The van der Waals surface area contributed by atoms with Gasteiger partial charge in [-0.05, 0) is 55.9 Å². The van der Waals surface area contributed by atoms with Crippen molar-refractivity contribution in [2.75, 3.05) is 18.0 Å². The number of pyridine rings is 2. The smallest absolute Gasteiger partial charge is 0.259 e. The highest BCUT2D eigenvalue weighted by molar-refractivity contribution is 6.06. The van der Waals surface area contributed by atoms with Gasteiger partial charge in [-0.15, -0.1) is 0 Å². The molecule has 0 saturated carbocycles. The van der Waals surface area contributed by atoms with Gasteiger partial charge < -0.3 is 14.7 Å². The van der Waals surface area contributed by atoms with Crippen LogP contribution in [0.25, 0.3) is 11.1 Å². The molecule has 1 N–H and O–H groups in total. The predicted octanol–water partition coefficient (Wildman–Crippen LogP) is 3.97. The summed E-state index contributed by atoms with van der Waals surface area (Å²) in [4.78, 5) is 24.3. The molecule has 0 spiro atoms. The summed E-state index contributed by atoms with van der Waals surface area (Å²) in [5.41, 5.74) is 3.49. The summed E-state index contributed by atoms with van der Waals surface area (Å²) in [6.45, 7) is 8.43. The van der Waals surface area contributed by atoms with E-state index in [-0.39, 0.29) is 11.8 Å². The van der Waals surface area contributed by atoms with Gasteiger partial charge in [-0.25, -0.2) is 9.97 Å². The fraction of sp³-hybridized carbons (Fsp3) is 0.455. The first-order valence-corrected chi connectivity index (χ1v) is 10.3. The molecule has 0 aliphatic carbocycles. The number of carbonyl (C=O) groups is 1. The number of aryl methyl sites for hydroxylation is 1. The molecule has 0 radical (unpaired) electrons. The summed E-state index contributed by atoms with van der Waals surface area (Å²) >= 11 is 0. The number of fused-ring (bicyclic) bond motifs is 1. The minimum absolute atomic E-state index is 0.151. The minimum atomic E-state index is -0.151. The van der Waals surface area contributed by atoms with Crippen molar-refractivity contribution < 1.29 is 9.32 Å². The summed E-state index contributed by atoms with van der Waals surface area (Å²) in [5.74, 6) is 1.02. The van der Waals surface area contributed by atoms with E-state index in [1.807, 2.05) is 39.1 Å². The van der Waals surface area contributed by atoms with Gasteiger partial charge in [-0.2, -0.15) is 0 Å². The van der Waals surface area contributed by atoms with Crippen LogP contribution in [0.15, 0.2) is 28.9 Å². The number of amides is 1. The predicted molar refractivity (Wildman–Crippen MR) is 112 cm³/mol. The summed E-state index contributed by atoms with van der Waals surface area (Å²) in [6, 6.07) is 5.86. The Bertz CT molecular complexity index is 1020. The fourth-order valence-electron chi connectivity index (χ4n) is 3.73. The molecule has 3 aromatic heterocycles. The maximum atomic E-state index is 13.0. The lowest BCUT2D eigenvalue weighted by Crippen LogP contribution is -2.30. The highest BCUT2D eigenvalue weighted by Gasteiger charge is 2.20. The van der Waals surface area contributed by atoms with E-state index < -0.39 is 0 Å². The largest absolute Gasteiger partial charge is 0.357 e. The summed E-state index contributed by atoms with van der Waals surface area (Å²) in [6.07, 6.45) is 5.51. The topological polar surface area (TPSA) is 84.1 Å². The number of hydrogen-bond donors (Lipinski definition) is 1. The number of nitrogens with one attached hydrogen (secondary N) is 1. The van der Waals surface area contributed by atoms with Crippen molar-refractivity contribution in [3.63, 3.8) is 0 Å². The van der Waals surface area contributed by atoms with Crippen molar-refractivity contribution >= 4 is 22.8 Å². The molecule has 0 unspecified atom stereocenters. The molecule has 4 rings (SSSR count). The molecule has 152 valence electrons. The van der Waals surface area contributed by atoms with Crippen molar-refractivity contribution in [3.05, 3.63) is 46.9 Å². The zero-order valence-corrected chi connectivity index (χ0v) is 17.2. The highest BCUT2D eigenvalue weighted by atomic mass is 16.5. The Labute approximate surface area is 170 Å². The van der Waals surface area contributed by atoms with Gasteiger partial charge in [0.1, 0.15) is 5.82 Å². The van der Waals surface area contributed by atoms with E-state index in [1.165, 1.54) is 19.3 Å². The number of piperidine rings is 1. The summed E-state index contributed by atoms with van der Waals surface area (Å²) in [5, 5.41) is 7.70. The Morgan fingerprint density at radius 3 is 2.79 bits per heavy atom. The molecule has 1 amide bonds. The minimum Gasteiger partial charge on any atom is -0.357 e. The van der Waals surface area contributed by atoms with Crippen LogP contribution in [0.5, 0.6) is 0 Å². The van der Waals surface area contributed by atoms with Crippen LogP contribution in [0.3, 0.4) is 0 Å². The van der Waals surface area contributed by atoms with E-state index in [0.717, 1.165) is 30.2 Å². The van der Waals surface area contributed by atoms with Crippen molar-refractivity contribution in [2.24, 2.45) is 0 Å². The molecule has 29 heavy (non-hydrogen) atoms. The number of hydrogen-bond acceptors (Lipinski definition) is 6. The molecule has 0 atom stereocenters. The average Bonchev–Trinajstić information content (AvgIpc) is 3.13. The first-order valence-electron chi connectivity index (χ1n) is 10.3. The Hall–Kier alpha value is -2.96. The molecular formula is C22H27N5O2. The van der Waals surface area contributed by atoms with Gasteiger partial charge in [0.05, 0.1) is 16.6 Å². The normalized spacial score (nSPS) is 14.6.